The number of rotatable bonds is 1. The van der Waals surface area contributed by atoms with Crippen molar-refractivity contribution in [1.29, 1.82) is 0 Å². The molecule has 4 rings (SSSR count). The molecular formula is C17H22N4O2. The molecule has 122 valence electrons. The maximum atomic E-state index is 13.0. The Morgan fingerprint density at radius 2 is 2.17 bits per heavy atom. The van der Waals surface area contributed by atoms with Crippen LogP contribution in [0.3, 0.4) is 0 Å². The Balaban J connectivity index is 1.61. The second kappa shape index (κ2) is 5.62. The topological polar surface area (TPSA) is 50.1 Å². The van der Waals surface area contributed by atoms with E-state index in [0.29, 0.717) is 18.2 Å². The zero-order valence-corrected chi connectivity index (χ0v) is 13.6. The summed E-state index contributed by atoms with van der Waals surface area (Å²) in [5, 5.41) is 0. The fraction of sp³-hybridized carbons (Fsp3) is 0.529. The average Bonchev–Trinajstić information content (AvgIpc) is 3.02. The molecule has 0 aromatic carbocycles. The van der Waals surface area contributed by atoms with Gasteiger partial charge in [-0.15, -0.1) is 0 Å². The Bertz CT molecular complexity index is 741. The zero-order valence-electron chi connectivity index (χ0n) is 13.6. The largest absolute Gasteiger partial charge is 0.375 e. The number of carbonyl (C=O) groups excluding carboxylic acids is 1. The average molecular weight is 314 g/mol. The van der Waals surface area contributed by atoms with Crippen LogP contribution in [0, 0.1) is 12.8 Å². The van der Waals surface area contributed by atoms with Gasteiger partial charge in [-0.2, -0.15) is 0 Å². The van der Waals surface area contributed by atoms with Gasteiger partial charge in [0.05, 0.1) is 18.4 Å². The molecule has 2 atom stereocenters. The molecule has 2 aromatic heterocycles. The van der Waals surface area contributed by atoms with Crippen LogP contribution in [0.15, 0.2) is 24.4 Å². The van der Waals surface area contributed by atoms with Gasteiger partial charge < -0.3 is 14.5 Å². The fourth-order valence-corrected chi connectivity index (χ4v) is 3.74. The molecule has 23 heavy (non-hydrogen) atoms. The van der Waals surface area contributed by atoms with Crippen molar-refractivity contribution in [2.24, 2.45) is 5.92 Å². The Morgan fingerprint density at radius 1 is 1.30 bits per heavy atom. The lowest BCUT2D eigenvalue weighted by atomic mass is 10.1. The van der Waals surface area contributed by atoms with Gasteiger partial charge in [0, 0.05) is 38.3 Å². The van der Waals surface area contributed by atoms with Crippen molar-refractivity contribution in [2.75, 3.05) is 39.8 Å². The molecular weight excluding hydrogens is 292 g/mol. The summed E-state index contributed by atoms with van der Waals surface area (Å²) in [5.74, 6) is 0.450. The van der Waals surface area contributed by atoms with Gasteiger partial charge in [0.2, 0.25) is 0 Å². The highest BCUT2D eigenvalue weighted by molar-refractivity contribution is 5.95. The number of amides is 1. The van der Waals surface area contributed by atoms with Crippen LogP contribution in [0.2, 0.25) is 0 Å². The summed E-state index contributed by atoms with van der Waals surface area (Å²) in [6.07, 6.45) is 2.06. The van der Waals surface area contributed by atoms with Crippen molar-refractivity contribution >= 4 is 11.6 Å². The lowest BCUT2D eigenvalue weighted by Crippen LogP contribution is -2.33. The van der Waals surface area contributed by atoms with E-state index in [0.717, 1.165) is 37.6 Å². The molecule has 0 N–H and O–H groups in total. The third kappa shape index (κ3) is 2.52. The molecule has 2 fully saturated rings. The SMILES string of the molecule is Cc1nc2ccccn2c1C(=O)N1C[C@@H]2CN(C)CCO[C@@H]2C1. The van der Waals surface area contributed by atoms with Crippen LogP contribution >= 0.6 is 0 Å². The van der Waals surface area contributed by atoms with E-state index < -0.39 is 0 Å². The summed E-state index contributed by atoms with van der Waals surface area (Å²) in [4.78, 5) is 21.8. The molecule has 0 aliphatic carbocycles. The van der Waals surface area contributed by atoms with Gasteiger partial charge in [-0.3, -0.25) is 9.20 Å². The predicted molar refractivity (Wildman–Crippen MR) is 86.6 cm³/mol. The summed E-state index contributed by atoms with van der Waals surface area (Å²) >= 11 is 0. The molecule has 0 saturated carbocycles. The number of imidazole rings is 1. The lowest BCUT2D eigenvalue weighted by molar-refractivity contribution is 0.0486. The number of likely N-dealkylation sites (N-methyl/N-ethyl adjacent to an activating group) is 1. The minimum Gasteiger partial charge on any atom is -0.375 e. The first-order valence-corrected chi connectivity index (χ1v) is 8.16. The monoisotopic (exact) mass is 314 g/mol. The molecule has 0 radical (unpaired) electrons. The van der Waals surface area contributed by atoms with Gasteiger partial charge in [0.15, 0.2) is 0 Å². The van der Waals surface area contributed by atoms with E-state index in [9.17, 15) is 4.79 Å². The number of aromatic nitrogens is 2. The molecule has 2 saturated heterocycles. The maximum Gasteiger partial charge on any atom is 0.272 e. The van der Waals surface area contributed by atoms with Gasteiger partial charge >= 0.3 is 0 Å². The van der Waals surface area contributed by atoms with Crippen LogP contribution in [0.5, 0.6) is 0 Å². The van der Waals surface area contributed by atoms with E-state index in [-0.39, 0.29) is 12.0 Å². The second-order valence-electron chi connectivity index (χ2n) is 6.62. The van der Waals surface area contributed by atoms with E-state index in [2.05, 4.69) is 16.9 Å². The third-order valence-electron chi connectivity index (χ3n) is 4.93. The quantitative estimate of drug-likeness (QED) is 0.789. The first kappa shape index (κ1) is 14.7. The number of ether oxygens (including phenoxy) is 1. The Morgan fingerprint density at radius 3 is 3.04 bits per heavy atom. The first-order valence-electron chi connectivity index (χ1n) is 8.16. The van der Waals surface area contributed by atoms with Gasteiger partial charge in [-0.05, 0) is 26.1 Å². The summed E-state index contributed by atoms with van der Waals surface area (Å²) in [7, 11) is 2.12. The number of pyridine rings is 1. The lowest BCUT2D eigenvalue weighted by Gasteiger charge is -2.19. The highest BCUT2D eigenvalue weighted by Crippen LogP contribution is 2.25. The van der Waals surface area contributed by atoms with Crippen LogP contribution < -0.4 is 0 Å². The van der Waals surface area contributed by atoms with Crippen LogP contribution in [-0.4, -0.2) is 71.0 Å². The van der Waals surface area contributed by atoms with Gasteiger partial charge in [0.1, 0.15) is 11.3 Å². The molecule has 2 aromatic rings. The van der Waals surface area contributed by atoms with E-state index in [1.54, 1.807) is 0 Å². The van der Waals surface area contributed by atoms with Crippen LogP contribution in [0.1, 0.15) is 16.2 Å². The van der Waals surface area contributed by atoms with Gasteiger partial charge in [0.25, 0.3) is 5.91 Å². The molecule has 1 amide bonds. The summed E-state index contributed by atoms with van der Waals surface area (Å²) < 4.78 is 7.84. The number of nitrogens with zero attached hydrogens (tertiary/aromatic N) is 4. The van der Waals surface area contributed by atoms with Gasteiger partial charge in [-0.1, -0.05) is 6.07 Å². The van der Waals surface area contributed by atoms with E-state index in [1.165, 1.54) is 0 Å². The summed E-state index contributed by atoms with van der Waals surface area (Å²) in [6.45, 7) is 6.03. The van der Waals surface area contributed by atoms with Crippen molar-refractivity contribution in [1.82, 2.24) is 19.2 Å². The van der Waals surface area contributed by atoms with Crippen molar-refractivity contribution in [2.45, 2.75) is 13.0 Å². The third-order valence-corrected chi connectivity index (χ3v) is 4.93. The first-order chi connectivity index (χ1) is 11.1. The fourth-order valence-electron chi connectivity index (χ4n) is 3.74. The molecule has 6 nitrogen and oxygen atoms in total. The van der Waals surface area contributed by atoms with Crippen molar-refractivity contribution in [3.63, 3.8) is 0 Å². The minimum atomic E-state index is 0.0560. The molecule has 6 heteroatoms. The number of fused-ring (bicyclic) bond motifs is 2. The number of hydrogen-bond donors (Lipinski definition) is 0. The smallest absolute Gasteiger partial charge is 0.272 e. The molecule has 2 aliphatic heterocycles. The minimum absolute atomic E-state index is 0.0560. The molecule has 2 aliphatic rings. The number of likely N-dealkylation sites (tertiary alicyclic amines) is 1. The van der Waals surface area contributed by atoms with Crippen molar-refractivity contribution in [3.8, 4) is 0 Å². The van der Waals surface area contributed by atoms with E-state index in [4.69, 9.17) is 4.74 Å². The summed E-state index contributed by atoms with van der Waals surface area (Å²) in [6, 6.07) is 5.79. The molecule has 0 unspecified atom stereocenters. The Labute approximate surface area is 135 Å². The zero-order chi connectivity index (χ0) is 16.0. The van der Waals surface area contributed by atoms with Crippen molar-refractivity contribution < 1.29 is 9.53 Å². The molecule has 4 heterocycles. The number of aryl methyl sites for hydroxylation is 1. The molecule has 0 spiro atoms. The predicted octanol–water partition coefficient (Wildman–Crippen LogP) is 1.05. The normalized spacial score (nSPS) is 25.6. The van der Waals surface area contributed by atoms with Crippen molar-refractivity contribution in [3.05, 3.63) is 35.8 Å². The maximum absolute atomic E-state index is 13.0. The second-order valence-corrected chi connectivity index (χ2v) is 6.62. The number of hydrogen-bond acceptors (Lipinski definition) is 4. The summed E-state index contributed by atoms with van der Waals surface area (Å²) in [5.41, 5.74) is 2.27. The highest BCUT2D eigenvalue weighted by atomic mass is 16.5. The van der Waals surface area contributed by atoms with Crippen LogP contribution in [0.4, 0.5) is 0 Å². The number of carbonyl (C=O) groups is 1. The Kier molecular flexibility index (Phi) is 3.58. The van der Waals surface area contributed by atoms with Crippen LogP contribution in [0.25, 0.3) is 5.65 Å². The van der Waals surface area contributed by atoms with E-state index >= 15 is 0 Å². The Hall–Kier alpha value is -1.92. The van der Waals surface area contributed by atoms with E-state index in [1.807, 2.05) is 40.6 Å². The standard InChI is InChI=1S/C17H22N4O2/c1-12-16(21-6-4-3-5-15(21)18-12)17(22)20-10-13-9-19(2)7-8-23-14(13)11-20/h3-6,13-14H,7-11H2,1-2H3/t13-,14+/m0/s1. The van der Waals surface area contributed by atoms with Crippen LogP contribution in [-0.2, 0) is 4.74 Å². The van der Waals surface area contributed by atoms with Gasteiger partial charge in [-0.25, -0.2) is 4.98 Å². The molecule has 0 bridgehead atoms. The highest BCUT2D eigenvalue weighted by Gasteiger charge is 2.39.